The molecule has 3 fully saturated rings. The highest BCUT2D eigenvalue weighted by Gasteiger charge is 2.35. The van der Waals surface area contributed by atoms with Crippen molar-refractivity contribution in [2.75, 3.05) is 6.54 Å². The second kappa shape index (κ2) is 5.48. The van der Waals surface area contributed by atoms with Crippen LogP contribution in [-0.2, 0) is 13.3 Å². The Labute approximate surface area is 130 Å². The summed E-state index contributed by atoms with van der Waals surface area (Å²) >= 11 is 5.60. The Morgan fingerprint density at radius 3 is 2.57 bits per heavy atom. The first-order chi connectivity index (χ1) is 10.3. The van der Waals surface area contributed by atoms with Crippen LogP contribution >= 0.6 is 12.2 Å². The van der Waals surface area contributed by atoms with Crippen LogP contribution in [0.2, 0.25) is 0 Å². The highest BCUT2D eigenvalue weighted by Crippen LogP contribution is 2.38. The van der Waals surface area contributed by atoms with Gasteiger partial charge in [0.1, 0.15) is 6.61 Å². The molecule has 1 aliphatic heterocycles. The number of likely N-dealkylation sites (tertiary alicyclic amines) is 1. The molecule has 6 heteroatoms. The standard InChI is InChI=1S/C15H24N4OS/c20-9-14-16-18(15(21)19(14)12-6-7-12)10-17-8-2-5-13(17)11-3-1-4-11/h11-13,20H,1-10H2. The number of hydrogen-bond acceptors (Lipinski definition) is 4. The molecular formula is C15H24N4OS. The molecule has 2 saturated carbocycles. The summed E-state index contributed by atoms with van der Waals surface area (Å²) in [5.41, 5.74) is 0. The molecule has 1 saturated heterocycles. The number of rotatable bonds is 5. The predicted molar refractivity (Wildman–Crippen MR) is 82.3 cm³/mol. The minimum Gasteiger partial charge on any atom is -0.388 e. The van der Waals surface area contributed by atoms with Crippen molar-refractivity contribution in [3.8, 4) is 0 Å². The van der Waals surface area contributed by atoms with Gasteiger partial charge in [-0.1, -0.05) is 6.42 Å². The van der Waals surface area contributed by atoms with Crippen LogP contribution in [0.3, 0.4) is 0 Å². The molecule has 0 radical (unpaired) electrons. The van der Waals surface area contributed by atoms with Gasteiger partial charge in [-0.05, 0) is 56.7 Å². The quantitative estimate of drug-likeness (QED) is 0.849. The summed E-state index contributed by atoms with van der Waals surface area (Å²) in [6, 6.07) is 1.21. The van der Waals surface area contributed by atoms with Gasteiger partial charge in [-0.15, -0.1) is 0 Å². The smallest absolute Gasteiger partial charge is 0.199 e. The normalized spacial score (nSPS) is 27.2. The molecule has 1 aromatic heterocycles. The summed E-state index contributed by atoms with van der Waals surface area (Å²) < 4.78 is 4.81. The average molecular weight is 308 g/mol. The summed E-state index contributed by atoms with van der Waals surface area (Å²) in [4.78, 5) is 2.56. The molecule has 1 unspecified atom stereocenters. The van der Waals surface area contributed by atoms with E-state index in [-0.39, 0.29) is 6.61 Å². The largest absolute Gasteiger partial charge is 0.388 e. The summed E-state index contributed by atoms with van der Waals surface area (Å²) in [6.07, 6.45) is 9.15. The van der Waals surface area contributed by atoms with Crippen LogP contribution in [0.1, 0.15) is 56.8 Å². The zero-order valence-corrected chi connectivity index (χ0v) is 13.3. The van der Waals surface area contributed by atoms with Gasteiger partial charge in [0.2, 0.25) is 0 Å². The first kappa shape index (κ1) is 13.9. The van der Waals surface area contributed by atoms with Crippen LogP contribution in [0, 0.1) is 10.7 Å². The number of nitrogens with zero attached hydrogens (tertiary/aromatic N) is 4. The SMILES string of the molecule is OCc1nn(CN2CCCC2C2CCC2)c(=S)n1C1CC1. The molecule has 0 spiro atoms. The average Bonchev–Trinajstić information content (AvgIpc) is 3.08. The fourth-order valence-corrected chi connectivity index (χ4v) is 4.28. The van der Waals surface area contributed by atoms with Gasteiger partial charge in [0.15, 0.2) is 10.6 Å². The Bertz CT molecular complexity index is 573. The summed E-state index contributed by atoms with van der Waals surface area (Å²) in [5, 5.41) is 14.1. The molecule has 1 N–H and O–H groups in total. The Morgan fingerprint density at radius 1 is 1.14 bits per heavy atom. The van der Waals surface area contributed by atoms with Gasteiger partial charge in [-0.2, -0.15) is 5.10 Å². The molecular weight excluding hydrogens is 284 g/mol. The van der Waals surface area contributed by atoms with E-state index in [4.69, 9.17) is 12.2 Å². The Kier molecular flexibility index (Phi) is 3.63. The first-order valence-electron chi connectivity index (χ1n) is 8.31. The molecule has 2 aliphatic carbocycles. The van der Waals surface area contributed by atoms with Crippen molar-refractivity contribution in [1.29, 1.82) is 0 Å². The van der Waals surface area contributed by atoms with E-state index >= 15 is 0 Å². The fraction of sp³-hybridized carbons (Fsp3) is 0.867. The summed E-state index contributed by atoms with van der Waals surface area (Å²) in [6.45, 7) is 1.94. The van der Waals surface area contributed by atoms with Crippen LogP contribution in [0.5, 0.6) is 0 Å². The number of aliphatic hydroxyl groups is 1. The lowest BCUT2D eigenvalue weighted by Gasteiger charge is -2.36. The lowest BCUT2D eigenvalue weighted by atomic mass is 9.79. The molecule has 21 heavy (non-hydrogen) atoms. The fourth-order valence-electron chi connectivity index (χ4n) is 3.92. The third-order valence-electron chi connectivity index (χ3n) is 5.42. The molecule has 2 heterocycles. The molecule has 1 aromatic rings. The van der Waals surface area contributed by atoms with Crippen molar-refractivity contribution in [2.24, 2.45) is 5.92 Å². The third kappa shape index (κ3) is 2.47. The van der Waals surface area contributed by atoms with Gasteiger partial charge in [0.25, 0.3) is 0 Å². The predicted octanol–water partition coefficient (Wildman–Crippen LogP) is 2.46. The zero-order chi connectivity index (χ0) is 14.4. The van der Waals surface area contributed by atoms with Gasteiger partial charge >= 0.3 is 0 Å². The van der Waals surface area contributed by atoms with E-state index in [0.717, 1.165) is 35.8 Å². The Morgan fingerprint density at radius 2 is 1.95 bits per heavy atom. The minimum absolute atomic E-state index is 0.0147. The van der Waals surface area contributed by atoms with Crippen LogP contribution in [0.15, 0.2) is 0 Å². The van der Waals surface area contributed by atoms with Crippen molar-refractivity contribution in [2.45, 2.75) is 70.3 Å². The monoisotopic (exact) mass is 308 g/mol. The Hall–Kier alpha value is -0.720. The lowest BCUT2D eigenvalue weighted by molar-refractivity contribution is 0.0997. The van der Waals surface area contributed by atoms with Crippen molar-refractivity contribution in [1.82, 2.24) is 19.2 Å². The highest BCUT2D eigenvalue weighted by atomic mass is 32.1. The van der Waals surface area contributed by atoms with Gasteiger partial charge in [-0.25, -0.2) is 4.68 Å². The van der Waals surface area contributed by atoms with E-state index in [0.29, 0.717) is 6.04 Å². The topological polar surface area (TPSA) is 46.2 Å². The molecule has 0 bridgehead atoms. The highest BCUT2D eigenvalue weighted by molar-refractivity contribution is 7.71. The zero-order valence-electron chi connectivity index (χ0n) is 12.4. The van der Waals surface area contributed by atoms with E-state index in [9.17, 15) is 5.11 Å². The first-order valence-corrected chi connectivity index (χ1v) is 8.72. The van der Waals surface area contributed by atoms with E-state index < -0.39 is 0 Å². The molecule has 0 aromatic carbocycles. The summed E-state index contributed by atoms with van der Waals surface area (Å²) in [7, 11) is 0. The summed E-state index contributed by atoms with van der Waals surface area (Å²) in [5.74, 6) is 1.63. The van der Waals surface area contributed by atoms with E-state index in [1.165, 1.54) is 44.9 Å². The Balaban J connectivity index is 1.55. The maximum absolute atomic E-state index is 9.52. The van der Waals surface area contributed by atoms with Gasteiger partial charge in [-0.3, -0.25) is 9.47 Å². The van der Waals surface area contributed by atoms with Crippen molar-refractivity contribution < 1.29 is 5.11 Å². The molecule has 4 rings (SSSR count). The van der Waals surface area contributed by atoms with Crippen molar-refractivity contribution in [3.63, 3.8) is 0 Å². The maximum atomic E-state index is 9.52. The van der Waals surface area contributed by atoms with E-state index in [1.54, 1.807) is 0 Å². The van der Waals surface area contributed by atoms with Crippen molar-refractivity contribution >= 4 is 12.2 Å². The molecule has 116 valence electrons. The number of aromatic nitrogens is 3. The van der Waals surface area contributed by atoms with E-state index in [2.05, 4.69) is 14.6 Å². The second-order valence-corrected chi connectivity index (χ2v) is 7.18. The molecule has 0 amide bonds. The lowest BCUT2D eigenvalue weighted by Crippen LogP contribution is -2.39. The van der Waals surface area contributed by atoms with Gasteiger partial charge in [0.05, 0.1) is 6.67 Å². The third-order valence-corrected chi connectivity index (χ3v) is 5.83. The molecule has 5 nitrogen and oxygen atoms in total. The number of aliphatic hydroxyl groups excluding tert-OH is 1. The van der Waals surface area contributed by atoms with Crippen LogP contribution < -0.4 is 0 Å². The van der Waals surface area contributed by atoms with Crippen LogP contribution in [0.25, 0.3) is 0 Å². The number of hydrogen-bond donors (Lipinski definition) is 1. The van der Waals surface area contributed by atoms with Gasteiger partial charge in [0, 0.05) is 18.6 Å². The van der Waals surface area contributed by atoms with Crippen LogP contribution in [-0.4, -0.2) is 36.9 Å². The molecule has 1 atom stereocenters. The van der Waals surface area contributed by atoms with Gasteiger partial charge < -0.3 is 5.11 Å². The molecule has 3 aliphatic rings. The maximum Gasteiger partial charge on any atom is 0.199 e. The second-order valence-electron chi connectivity index (χ2n) is 6.81. The van der Waals surface area contributed by atoms with Crippen LogP contribution in [0.4, 0.5) is 0 Å². The van der Waals surface area contributed by atoms with Crippen molar-refractivity contribution in [3.05, 3.63) is 10.6 Å². The van der Waals surface area contributed by atoms with E-state index in [1.807, 2.05) is 4.68 Å². The minimum atomic E-state index is -0.0147.